The Morgan fingerprint density at radius 2 is 1.77 bits per heavy atom. The van der Waals surface area contributed by atoms with Gasteiger partial charge in [-0.05, 0) is 56.8 Å². The number of rotatable bonds is 7. The van der Waals surface area contributed by atoms with Gasteiger partial charge in [0.2, 0.25) is 0 Å². The second-order valence-electron chi connectivity index (χ2n) is 6.63. The zero-order valence-corrected chi connectivity index (χ0v) is 15.2. The standard InChI is InChI=1S/C20H24N2O4/c1-13(11-16-5-4-6-17(18(16)23)20(25)26)21-19(24)15-9-7-14(8-10-15)12-22(2)3/h4-10,13,23H,11-12H2,1-3H3,(H,21,24)(H,25,26)/t13-/m1/s1. The molecule has 0 radical (unpaired) electrons. The Morgan fingerprint density at radius 1 is 1.12 bits per heavy atom. The molecule has 0 unspecified atom stereocenters. The van der Waals surface area contributed by atoms with Crippen molar-refractivity contribution in [3.63, 3.8) is 0 Å². The van der Waals surface area contributed by atoms with Crippen molar-refractivity contribution in [2.45, 2.75) is 25.9 Å². The molecule has 0 saturated carbocycles. The van der Waals surface area contributed by atoms with Crippen LogP contribution >= 0.6 is 0 Å². The summed E-state index contributed by atoms with van der Waals surface area (Å²) in [5.41, 5.74) is 2.02. The maximum atomic E-state index is 12.4. The van der Waals surface area contributed by atoms with Crippen molar-refractivity contribution in [3.05, 3.63) is 64.7 Å². The van der Waals surface area contributed by atoms with Crippen LogP contribution in [0.1, 0.15) is 38.8 Å². The summed E-state index contributed by atoms with van der Waals surface area (Å²) in [6, 6.07) is 11.7. The molecule has 0 saturated heterocycles. The highest BCUT2D eigenvalue weighted by Gasteiger charge is 2.16. The van der Waals surface area contributed by atoms with E-state index in [9.17, 15) is 14.7 Å². The SMILES string of the molecule is C[C@H](Cc1cccc(C(=O)O)c1O)NC(=O)c1ccc(CN(C)C)cc1. The average molecular weight is 356 g/mol. The monoisotopic (exact) mass is 356 g/mol. The van der Waals surface area contributed by atoms with Gasteiger partial charge in [0.1, 0.15) is 11.3 Å². The molecule has 3 N–H and O–H groups in total. The van der Waals surface area contributed by atoms with E-state index in [2.05, 4.69) is 10.2 Å². The topological polar surface area (TPSA) is 89.9 Å². The third-order valence-corrected chi connectivity index (χ3v) is 3.97. The highest BCUT2D eigenvalue weighted by molar-refractivity contribution is 5.94. The van der Waals surface area contributed by atoms with E-state index < -0.39 is 5.97 Å². The van der Waals surface area contributed by atoms with E-state index in [4.69, 9.17) is 5.11 Å². The molecule has 0 bridgehead atoms. The van der Waals surface area contributed by atoms with E-state index in [1.165, 1.54) is 6.07 Å². The first-order valence-electron chi connectivity index (χ1n) is 8.36. The Balaban J connectivity index is 2.01. The zero-order valence-electron chi connectivity index (χ0n) is 15.2. The normalized spacial score (nSPS) is 12.0. The molecular weight excluding hydrogens is 332 g/mol. The summed E-state index contributed by atoms with van der Waals surface area (Å²) in [5, 5.41) is 22.0. The number of carbonyl (C=O) groups excluding carboxylic acids is 1. The van der Waals surface area contributed by atoms with Crippen LogP contribution in [-0.2, 0) is 13.0 Å². The van der Waals surface area contributed by atoms with Crippen LogP contribution in [0.2, 0.25) is 0 Å². The number of hydrogen-bond acceptors (Lipinski definition) is 4. The summed E-state index contributed by atoms with van der Waals surface area (Å²) in [6.07, 6.45) is 0.331. The molecule has 0 heterocycles. The number of carboxylic acid groups (broad SMARTS) is 1. The third kappa shape index (κ3) is 5.07. The fourth-order valence-corrected chi connectivity index (χ4v) is 2.74. The van der Waals surface area contributed by atoms with Gasteiger partial charge in [-0.2, -0.15) is 0 Å². The van der Waals surface area contributed by atoms with Gasteiger partial charge >= 0.3 is 5.97 Å². The number of phenols is 1. The first-order valence-corrected chi connectivity index (χ1v) is 8.36. The summed E-state index contributed by atoms with van der Waals surface area (Å²) in [4.78, 5) is 25.5. The Morgan fingerprint density at radius 3 is 2.35 bits per heavy atom. The molecule has 0 aliphatic carbocycles. The first-order chi connectivity index (χ1) is 12.3. The number of para-hydroxylation sites is 1. The molecule has 138 valence electrons. The number of benzene rings is 2. The number of carboxylic acids is 1. The van der Waals surface area contributed by atoms with Crippen LogP contribution in [-0.4, -0.2) is 47.1 Å². The van der Waals surface area contributed by atoms with Gasteiger partial charge in [-0.3, -0.25) is 4.79 Å². The molecule has 1 atom stereocenters. The lowest BCUT2D eigenvalue weighted by molar-refractivity contribution is 0.0693. The molecule has 1 amide bonds. The number of nitrogens with one attached hydrogen (secondary N) is 1. The van der Waals surface area contributed by atoms with Crippen molar-refractivity contribution in [2.24, 2.45) is 0 Å². The predicted molar refractivity (Wildman–Crippen MR) is 99.5 cm³/mol. The van der Waals surface area contributed by atoms with Gasteiger partial charge in [-0.1, -0.05) is 24.3 Å². The van der Waals surface area contributed by atoms with E-state index in [1.54, 1.807) is 24.3 Å². The second-order valence-corrected chi connectivity index (χ2v) is 6.63. The minimum Gasteiger partial charge on any atom is -0.507 e. The Hall–Kier alpha value is -2.86. The summed E-state index contributed by atoms with van der Waals surface area (Å²) in [6.45, 7) is 2.61. The molecule has 0 aromatic heterocycles. The number of aromatic hydroxyl groups is 1. The van der Waals surface area contributed by atoms with Gasteiger partial charge < -0.3 is 20.4 Å². The van der Waals surface area contributed by atoms with Gasteiger partial charge in [-0.25, -0.2) is 4.79 Å². The quantitative estimate of drug-likeness (QED) is 0.709. The largest absolute Gasteiger partial charge is 0.507 e. The van der Waals surface area contributed by atoms with Crippen molar-refractivity contribution in [1.82, 2.24) is 10.2 Å². The van der Waals surface area contributed by atoms with Crippen LogP contribution < -0.4 is 5.32 Å². The van der Waals surface area contributed by atoms with Crippen LogP contribution in [0.15, 0.2) is 42.5 Å². The highest BCUT2D eigenvalue weighted by Crippen LogP contribution is 2.23. The molecule has 2 aromatic carbocycles. The summed E-state index contributed by atoms with van der Waals surface area (Å²) in [7, 11) is 3.97. The second kappa shape index (κ2) is 8.49. The van der Waals surface area contributed by atoms with Crippen LogP contribution in [0, 0.1) is 0 Å². The number of carbonyl (C=O) groups is 2. The van der Waals surface area contributed by atoms with Crippen LogP contribution in [0.5, 0.6) is 5.75 Å². The molecule has 0 aliphatic heterocycles. The van der Waals surface area contributed by atoms with E-state index in [1.807, 2.05) is 33.2 Å². The number of amides is 1. The first kappa shape index (κ1) is 19.5. The average Bonchev–Trinajstić information content (AvgIpc) is 2.56. The van der Waals surface area contributed by atoms with Crippen LogP contribution in [0.4, 0.5) is 0 Å². The lowest BCUT2D eigenvalue weighted by Gasteiger charge is -2.16. The van der Waals surface area contributed by atoms with Crippen LogP contribution in [0.25, 0.3) is 0 Å². The lowest BCUT2D eigenvalue weighted by Crippen LogP contribution is -2.34. The van der Waals surface area contributed by atoms with Crippen molar-refractivity contribution in [1.29, 1.82) is 0 Å². The fourth-order valence-electron chi connectivity index (χ4n) is 2.74. The molecule has 2 aromatic rings. The van der Waals surface area contributed by atoms with E-state index >= 15 is 0 Å². The summed E-state index contributed by atoms with van der Waals surface area (Å²) < 4.78 is 0. The van der Waals surface area contributed by atoms with E-state index in [-0.39, 0.29) is 23.3 Å². The minimum absolute atomic E-state index is 0.141. The van der Waals surface area contributed by atoms with Crippen molar-refractivity contribution >= 4 is 11.9 Å². The van der Waals surface area contributed by atoms with Gasteiger partial charge in [0.05, 0.1) is 0 Å². The van der Waals surface area contributed by atoms with E-state index in [0.29, 0.717) is 17.5 Å². The molecule has 2 rings (SSSR count). The molecule has 6 nitrogen and oxygen atoms in total. The van der Waals surface area contributed by atoms with Gasteiger partial charge in [0, 0.05) is 18.2 Å². The zero-order chi connectivity index (χ0) is 19.3. The minimum atomic E-state index is -1.18. The summed E-state index contributed by atoms with van der Waals surface area (Å²) in [5.74, 6) is -1.64. The maximum Gasteiger partial charge on any atom is 0.339 e. The van der Waals surface area contributed by atoms with Gasteiger partial charge in [-0.15, -0.1) is 0 Å². The van der Waals surface area contributed by atoms with Gasteiger partial charge in [0.15, 0.2) is 0 Å². The predicted octanol–water partition coefficient (Wildman–Crippen LogP) is 2.51. The van der Waals surface area contributed by atoms with E-state index in [0.717, 1.165) is 12.1 Å². The van der Waals surface area contributed by atoms with Gasteiger partial charge in [0.25, 0.3) is 5.91 Å². The third-order valence-electron chi connectivity index (χ3n) is 3.97. The number of aromatic carboxylic acids is 1. The van der Waals surface area contributed by atoms with Crippen LogP contribution in [0.3, 0.4) is 0 Å². The molecule has 0 spiro atoms. The number of nitrogens with zero attached hydrogens (tertiary/aromatic N) is 1. The fraction of sp³-hybridized carbons (Fsp3) is 0.300. The molecule has 0 aliphatic rings. The molecule has 26 heavy (non-hydrogen) atoms. The summed E-state index contributed by atoms with van der Waals surface area (Å²) >= 11 is 0. The highest BCUT2D eigenvalue weighted by atomic mass is 16.4. The Labute approximate surface area is 153 Å². The Kier molecular flexibility index (Phi) is 6.36. The molecular formula is C20H24N2O4. The number of hydrogen-bond donors (Lipinski definition) is 3. The Bertz CT molecular complexity index is 785. The van der Waals surface area contributed by atoms with Crippen molar-refractivity contribution in [2.75, 3.05) is 14.1 Å². The molecule has 6 heteroatoms. The smallest absolute Gasteiger partial charge is 0.339 e. The molecule has 0 fully saturated rings. The maximum absolute atomic E-state index is 12.4. The van der Waals surface area contributed by atoms with Crippen molar-refractivity contribution < 1.29 is 19.8 Å². The lowest BCUT2D eigenvalue weighted by atomic mass is 10.0. The van der Waals surface area contributed by atoms with Crippen molar-refractivity contribution in [3.8, 4) is 5.75 Å².